The van der Waals surface area contributed by atoms with Crippen LogP contribution in [-0.4, -0.2) is 25.8 Å². The standard InChI is InChI=1S/C22H20N6O2/c1-15-12-16(2)28(27-15)20-13-21(24-14-23-20)30-19-10-8-18(9-11-19)26-22(29)25-17-6-4-3-5-7-17/h3-14H,1-2H3,(H2,25,26,29). The quantitative estimate of drug-likeness (QED) is 0.506. The van der Waals surface area contributed by atoms with E-state index in [9.17, 15) is 4.79 Å². The van der Waals surface area contributed by atoms with Gasteiger partial charge in [0.1, 0.15) is 12.1 Å². The highest BCUT2D eigenvalue weighted by molar-refractivity contribution is 5.99. The van der Waals surface area contributed by atoms with Crippen molar-refractivity contribution in [2.24, 2.45) is 0 Å². The van der Waals surface area contributed by atoms with Gasteiger partial charge in [-0.05, 0) is 56.3 Å². The van der Waals surface area contributed by atoms with E-state index in [1.165, 1.54) is 6.33 Å². The summed E-state index contributed by atoms with van der Waals surface area (Å²) in [5.74, 6) is 1.61. The molecule has 4 aromatic rings. The third-order valence-corrected chi connectivity index (χ3v) is 4.22. The van der Waals surface area contributed by atoms with Gasteiger partial charge in [0.2, 0.25) is 5.88 Å². The number of anilines is 2. The van der Waals surface area contributed by atoms with Crippen LogP contribution >= 0.6 is 0 Å². The minimum absolute atomic E-state index is 0.319. The molecule has 0 radical (unpaired) electrons. The Balaban J connectivity index is 1.41. The number of nitrogens with one attached hydrogen (secondary N) is 2. The average molecular weight is 400 g/mol. The summed E-state index contributed by atoms with van der Waals surface area (Å²) in [6.07, 6.45) is 1.44. The Morgan fingerprint density at radius 2 is 1.60 bits per heavy atom. The molecule has 2 amide bonds. The molecule has 8 heteroatoms. The van der Waals surface area contributed by atoms with Crippen LogP contribution in [0.2, 0.25) is 0 Å². The Hall–Kier alpha value is -4.20. The Kier molecular flexibility index (Phi) is 5.38. The predicted molar refractivity (Wildman–Crippen MR) is 114 cm³/mol. The Bertz CT molecular complexity index is 1160. The van der Waals surface area contributed by atoms with Crippen molar-refractivity contribution in [1.29, 1.82) is 0 Å². The van der Waals surface area contributed by atoms with E-state index in [0.717, 1.165) is 17.1 Å². The SMILES string of the molecule is Cc1cc(C)n(-c2cc(Oc3ccc(NC(=O)Nc4ccccc4)cc3)ncn2)n1. The fraction of sp³-hybridized carbons (Fsp3) is 0.0909. The van der Waals surface area contributed by atoms with Gasteiger partial charge in [0.05, 0.1) is 5.69 Å². The molecule has 0 saturated carbocycles. The van der Waals surface area contributed by atoms with Crippen LogP contribution in [0.15, 0.2) is 73.1 Å². The van der Waals surface area contributed by atoms with E-state index >= 15 is 0 Å². The monoisotopic (exact) mass is 400 g/mol. The van der Waals surface area contributed by atoms with Gasteiger partial charge in [-0.15, -0.1) is 0 Å². The predicted octanol–water partition coefficient (Wildman–Crippen LogP) is 4.72. The molecule has 2 aromatic heterocycles. The highest BCUT2D eigenvalue weighted by Crippen LogP contribution is 2.23. The van der Waals surface area contributed by atoms with E-state index in [1.807, 2.05) is 50.2 Å². The zero-order valence-electron chi connectivity index (χ0n) is 16.5. The lowest BCUT2D eigenvalue weighted by molar-refractivity contribution is 0.262. The Morgan fingerprint density at radius 1 is 0.900 bits per heavy atom. The summed E-state index contributed by atoms with van der Waals surface area (Å²) in [5.41, 5.74) is 3.24. The first kappa shape index (κ1) is 19.1. The highest BCUT2D eigenvalue weighted by atomic mass is 16.5. The van der Waals surface area contributed by atoms with Crippen molar-refractivity contribution >= 4 is 17.4 Å². The van der Waals surface area contributed by atoms with Gasteiger partial charge in [0.25, 0.3) is 0 Å². The zero-order chi connectivity index (χ0) is 20.9. The maximum Gasteiger partial charge on any atom is 0.323 e. The number of hydrogen-bond acceptors (Lipinski definition) is 5. The third-order valence-electron chi connectivity index (χ3n) is 4.22. The molecule has 0 bridgehead atoms. The zero-order valence-corrected chi connectivity index (χ0v) is 16.5. The van der Waals surface area contributed by atoms with Crippen LogP contribution in [0.1, 0.15) is 11.4 Å². The van der Waals surface area contributed by atoms with Crippen molar-refractivity contribution in [2.75, 3.05) is 10.6 Å². The lowest BCUT2D eigenvalue weighted by atomic mass is 10.3. The van der Waals surface area contributed by atoms with E-state index in [2.05, 4.69) is 25.7 Å². The Morgan fingerprint density at radius 3 is 2.27 bits per heavy atom. The number of ether oxygens (including phenoxy) is 1. The maximum atomic E-state index is 12.1. The summed E-state index contributed by atoms with van der Waals surface area (Å²) < 4.78 is 7.56. The van der Waals surface area contributed by atoms with Gasteiger partial charge in [0.15, 0.2) is 5.82 Å². The second-order valence-electron chi connectivity index (χ2n) is 6.62. The lowest BCUT2D eigenvalue weighted by Gasteiger charge is -2.09. The molecule has 0 atom stereocenters. The van der Waals surface area contributed by atoms with Crippen molar-refractivity contribution in [3.8, 4) is 17.4 Å². The average Bonchev–Trinajstić information content (AvgIpc) is 3.08. The first-order valence-corrected chi connectivity index (χ1v) is 9.33. The molecule has 2 N–H and O–H groups in total. The number of aromatic nitrogens is 4. The number of rotatable bonds is 5. The largest absolute Gasteiger partial charge is 0.439 e. The summed E-state index contributed by atoms with van der Waals surface area (Å²) in [4.78, 5) is 20.5. The minimum Gasteiger partial charge on any atom is -0.439 e. The van der Waals surface area contributed by atoms with Gasteiger partial charge in [-0.2, -0.15) is 5.10 Å². The second-order valence-corrected chi connectivity index (χ2v) is 6.62. The highest BCUT2D eigenvalue weighted by Gasteiger charge is 2.08. The van der Waals surface area contributed by atoms with Crippen LogP contribution in [0.3, 0.4) is 0 Å². The number of hydrogen-bond donors (Lipinski definition) is 2. The molecule has 0 fully saturated rings. The van der Waals surface area contributed by atoms with Crippen LogP contribution in [-0.2, 0) is 0 Å². The number of nitrogens with zero attached hydrogens (tertiary/aromatic N) is 4. The number of benzene rings is 2. The molecule has 2 aromatic carbocycles. The number of carbonyl (C=O) groups excluding carboxylic acids is 1. The van der Waals surface area contributed by atoms with Crippen molar-refractivity contribution in [3.05, 3.63) is 84.4 Å². The molecule has 0 unspecified atom stereocenters. The molecule has 0 aliphatic heterocycles. The molecule has 150 valence electrons. The first-order chi connectivity index (χ1) is 14.6. The molecule has 2 heterocycles. The number of amides is 2. The van der Waals surface area contributed by atoms with E-state index in [4.69, 9.17) is 4.74 Å². The van der Waals surface area contributed by atoms with Crippen molar-refractivity contribution < 1.29 is 9.53 Å². The van der Waals surface area contributed by atoms with Crippen molar-refractivity contribution in [2.45, 2.75) is 13.8 Å². The van der Waals surface area contributed by atoms with Crippen LogP contribution in [0.4, 0.5) is 16.2 Å². The maximum absolute atomic E-state index is 12.1. The second kappa shape index (κ2) is 8.44. The van der Waals surface area contributed by atoms with E-state index in [1.54, 1.807) is 35.0 Å². The molecule has 8 nitrogen and oxygen atoms in total. The smallest absolute Gasteiger partial charge is 0.323 e. The van der Waals surface area contributed by atoms with Gasteiger partial charge in [-0.3, -0.25) is 0 Å². The van der Waals surface area contributed by atoms with Crippen LogP contribution in [0, 0.1) is 13.8 Å². The fourth-order valence-corrected chi connectivity index (χ4v) is 2.90. The van der Waals surface area contributed by atoms with Gasteiger partial charge in [-0.25, -0.2) is 19.4 Å². The van der Waals surface area contributed by atoms with Gasteiger partial charge < -0.3 is 15.4 Å². The topological polar surface area (TPSA) is 94.0 Å². The van der Waals surface area contributed by atoms with Crippen molar-refractivity contribution in [1.82, 2.24) is 19.7 Å². The van der Waals surface area contributed by atoms with E-state index < -0.39 is 0 Å². The molecule has 0 aliphatic carbocycles. The van der Waals surface area contributed by atoms with Crippen molar-refractivity contribution in [3.63, 3.8) is 0 Å². The van der Waals surface area contributed by atoms with Crippen LogP contribution in [0.5, 0.6) is 11.6 Å². The molecular weight excluding hydrogens is 380 g/mol. The number of urea groups is 1. The summed E-state index contributed by atoms with van der Waals surface area (Å²) >= 11 is 0. The third kappa shape index (κ3) is 4.61. The van der Waals surface area contributed by atoms with Gasteiger partial charge in [-0.1, -0.05) is 18.2 Å². The van der Waals surface area contributed by atoms with E-state index in [-0.39, 0.29) is 6.03 Å². The number of aryl methyl sites for hydroxylation is 2. The van der Waals surface area contributed by atoms with Crippen LogP contribution < -0.4 is 15.4 Å². The normalized spacial score (nSPS) is 10.5. The van der Waals surface area contributed by atoms with Crippen LogP contribution in [0.25, 0.3) is 5.82 Å². The summed E-state index contributed by atoms with van der Waals surface area (Å²) in [5, 5.41) is 9.97. The molecule has 0 aliphatic rings. The molecular formula is C22H20N6O2. The van der Waals surface area contributed by atoms with E-state index in [0.29, 0.717) is 23.1 Å². The summed E-state index contributed by atoms with van der Waals surface area (Å²) in [7, 11) is 0. The fourth-order valence-electron chi connectivity index (χ4n) is 2.90. The molecule has 30 heavy (non-hydrogen) atoms. The molecule has 4 rings (SSSR count). The lowest BCUT2D eigenvalue weighted by Crippen LogP contribution is -2.19. The Labute approximate surface area is 173 Å². The molecule has 0 saturated heterocycles. The number of carbonyl (C=O) groups is 1. The van der Waals surface area contributed by atoms with Gasteiger partial charge >= 0.3 is 6.03 Å². The summed E-state index contributed by atoms with van der Waals surface area (Å²) in [6.45, 7) is 3.89. The number of para-hydroxylation sites is 1. The minimum atomic E-state index is -0.319. The summed E-state index contributed by atoms with van der Waals surface area (Å²) in [6, 6.07) is 19.6. The first-order valence-electron chi connectivity index (χ1n) is 9.33. The molecule has 0 spiro atoms. The van der Waals surface area contributed by atoms with Gasteiger partial charge in [0, 0.05) is 23.1 Å².